The second-order valence-electron chi connectivity index (χ2n) is 9.40. The van der Waals surface area contributed by atoms with Crippen molar-refractivity contribution in [2.75, 3.05) is 20.3 Å². The van der Waals surface area contributed by atoms with E-state index in [1.807, 2.05) is 0 Å². The van der Waals surface area contributed by atoms with Crippen LogP contribution in [0.4, 0.5) is 0 Å². The molecule has 6 atom stereocenters. The molecule has 0 radical (unpaired) electrons. The number of nitrogens with one attached hydrogen (secondary N) is 2. The van der Waals surface area contributed by atoms with Crippen LogP contribution in [0.5, 0.6) is 0 Å². The van der Waals surface area contributed by atoms with Gasteiger partial charge in [-0.05, 0) is 19.8 Å². The number of methoxy groups -OCH3 is 1. The first kappa shape index (κ1) is 32.0. The minimum absolute atomic E-state index is 0.00512. The third kappa shape index (κ3) is 8.93. The predicted octanol–water partition coefficient (Wildman–Crippen LogP) is -2.87. The Balaban J connectivity index is 1.91. The van der Waals surface area contributed by atoms with Crippen LogP contribution in [0.2, 0.25) is 0 Å². The van der Waals surface area contributed by atoms with E-state index in [-0.39, 0.29) is 45.3 Å². The minimum atomic E-state index is -1.94. The van der Waals surface area contributed by atoms with Crippen LogP contribution in [0.25, 0.3) is 0 Å². The highest BCUT2D eigenvalue weighted by Crippen LogP contribution is 2.30. The molecule has 2 saturated heterocycles. The number of esters is 1. The molecule has 2 fully saturated rings. The van der Waals surface area contributed by atoms with Gasteiger partial charge in [-0.1, -0.05) is 0 Å². The molecule has 6 unspecified atom stereocenters. The number of hydrogen-bond donors (Lipinski definition) is 5. The highest BCUT2D eigenvalue weighted by Gasteiger charge is 2.53. The fourth-order valence-electron chi connectivity index (χ4n) is 3.99. The van der Waals surface area contributed by atoms with Gasteiger partial charge in [-0.3, -0.25) is 24.0 Å². The van der Waals surface area contributed by atoms with E-state index in [9.17, 15) is 39.0 Å². The summed E-state index contributed by atoms with van der Waals surface area (Å²) in [6.45, 7) is 2.19. The van der Waals surface area contributed by atoms with Crippen molar-refractivity contribution >= 4 is 35.6 Å². The van der Waals surface area contributed by atoms with E-state index in [4.69, 9.17) is 20.0 Å². The number of nitrogens with zero attached hydrogens (tertiary/aromatic N) is 1. The van der Waals surface area contributed by atoms with Gasteiger partial charge in [0.25, 0.3) is 11.8 Å². The second-order valence-corrected chi connectivity index (χ2v) is 9.40. The Labute approximate surface area is 224 Å². The van der Waals surface area contributed by atoms with Crippen molar-refractivity contribution in [2.45, 2.75) is 88.6 Å². The molecule has 2 aliphatic rings. The summed E-state index contributed by atoms with van der Waals surface area (Å²) in [4.78, 5) is 75.1. The number of rotatable bonds is 13. The number of carbonyl (C=O) groups excluding carboxylic acids is 6. The Morgan fingerprint density at radius 1 is 1.21 bits per heavy atom. The van der Waals surface area contributed by atoms with Gasteiger partial charge in [0, 0.05) is 39.3 Å². The van der Waals surface area contributed by atoms with E-state index >= 15 is 0 Å². The standard InChI is InChI=1S/C23H36N4O12/c1-12(28)26-19-22(37-9-5-4-6-18(32)39-27-16(30)7-8-17(27)31)38-14(20(33)23(19,2)35)11-25-15(29)10-13(24)21(34)36-3/h13-14,19-20,22,33,35H,4-11,24H2,1-3H3,(H,25,29)(H,26,28). The molecule has 16 nitrogen and oxygen atoms in total. The average molecular weight is 561 g/mol. The molecule has 2 rings (SSSR count). The summed E-state index contributed by atoms with van der Waals surface area (Å²) in [6.07, 6.45) is -3.95. The lowest BCUT2D eigenvalue weighted by atomic mass is 9.83. The Morgan fingerprint density at radius 2 is 1.85 bits per heavy atom. The number of aliphatic hydroxyl groups excluding tert-OH is 1. The zero-order valence-corrected chi connectivity index (χ0v) is 22.0. The number of imide groups is 1. The molecule has 2 heterocycles. The SMILES string of the molecule is COC(=O)C(N)CC(=O)NCC1OC(OCCCCC(=O)ON2C(=O)CCC2=O)C(NC(C)=O)C(C)(O)C1O. The van der Waals surface area contributed by atoms with E-state index in [1.165, 1.54) is 13.8 Å². The van der Waals surface area contributed by atoms with Crippen molar-refractivity contribution < 1.29 is 58.0 Å². The maximum absolute atomic E-state index is 12.2. The van der Waals surface area contributed by atoms with Crippen LogP contribution in [0.15, 0.2) is 0 Å². The van der Waals surface area contributed by atoms with Crippen molar-refractivity contribution in [1.82, 2.24) is 15.7 Å². The fraction of sp³-hybridized carbons (Fsp3) is 0.739. The Hall–Kier alpha value is -3.18. The second kappa shape index (κ2) is 14.3. The largest absolute Gasteiger partial charge is 0.468 e. The van der Waals surface area contributed by atoms with Gasteiger partial charge in [0.05, 0.1) is 13.5 Å². The van der Waals surface area contributed by atoms with Crippen molar-refractivity contribution in [3.63, 3.8) is 0 Å². The third-order valence-corrected chi connectivity index (χ3v) is 6.19. The van der Waals surface area contributed by atoms with Crippen molar-refractivity contribution in [3.8, 4) is 0 Å². The quantitative estimate of drug-likeness (QED) is 0.0867. The summed E-state index contributed by atoms with van der Waals surface area (Å²) in [5.74, 6) is -3.86. The molecule has 0 aromatic rings. The molecule has 39 heavy (non-hydrogen) atoms. The van der Waals surface area contributed by atoms with Gasteiger partial charge in [-0.15, -0.1) is 5.06 Å². The van der Waals surface area contributed by atoms with Crippen LogP contribution >= 0.6 is 0 Å². The molecule has 0 spiro atoms. The average Bonchev–Trinajstić information content (AvgIpc) is 3.18. The molecule has 2 aliphatic heterocycles. The van der Waals surface area contributed by atoms with E-state index in [0.29, 0.717) is 11.5 Å². The molecule has 0 saturated carbocycles. The molecular weight excluding hydrogens is 524 g/mol. The molecule has 16 heteroatoms. The number of aliphatic hydroxyl groups is 2. The van der Waals surface area contributed by atoms with E-state index in [1.54, 1.807) is 0 Å². The number of unbranched alkanes of at least 4 members (excludes halogenated alkanes) is 1. The van der Waals surface area contributed by atoms with Crippen LogP contribution in [0.1, 0.15) is 52.4 Å². The maximum Gasteiger partial charge on any atom is 0.333 e. The first-order valence-electron chi connectivity index (χ1n) is 12.4. The van der Waals surface area contributed by atoms with Crippen molar-refractivity contribution in [2.24, 2.45) is 5.73 Å². The molecule has 0 bridgehead atoms. The molecule has 6 N–H and O–H groups in total. The molecule has 0 aliphatic carbocycles. The van der Waals surface area contributed by atoms with Gasteiger partial charge in [0.15, 0.2) is 6.29 Å². The van der Waals surface area contributed by atoms with Gasteiger partial charge >= 0.3 is 11.9 Å². The number of carbonyl (C=O) groups is 6. The number of hydrogen-bond acceptors (Lipinski definition) is 13. The minimum Gasteiger partial charge on any atom is -0.468 e. The van der Waals surface area contributed by atoms with E-state index in [2.05, 4.69) is 15.4 Å². The topological polar surface area (TPSA) is 233 Å². The highest BCUT2D eigenvalue weighted by molar-refractivity contribution is 6.01. The number of amides is 4. The maximum atomic E-state index is 12.2. The number of hydroxylamine groups is 2. The summed E-state index contributed by atoms with van der Waals surface area (Å²) < 4.78 is 15.9. The third-order valence-electron chi connectivity index (χ3n) is 6.19. The lowest BCUT2D eigenvalue weighted by Gasteiger charge is -2.48. The van der Waals surface area contributed by atoms with Crippen LogP contribution in [-0.2, 0) is 47.8 Å². The first-order chi connectivity index (χ1) is 18.3. The Kier molecular flexibility index (Phi) is 11.7. The molecule has 4 amide bonds. The summed E-state index contributed by atoms with van der Waals surface area (Å²) in [5, 5.41) is 27.1. The van der Waals surface area contributed by atoms with Gasteiger partial charge in [0.1, 0.15) is 29.9 Å². The van der Waals surface area contributed by atoms with Gasteiger partial charge in [-0.2, -0.15) is 0 Å². The van der Waals surface area contributed by atoms with Gasteiger partial charge in [0.2, 0.25) is 11.8 Å². The smallest absolute Gasteiger partial charge is 0.333 e. The molecule has 0 aromatic carbocycles. The summed E-state index contributed by atoms with van der Waals surface area (Å²) in [7, 11) is 1.13. The Bertz CT molecular complexity index is 926. The molecule has 220 valence electrons. The van der Waals surface area contributed by atoms with Crippen molar-refractivity contribution in [3.05, 3.63) is 0 Å². The van der Waals surface area contributed by atoms with Crippen LogP contribution in [-0.4, -0.2) is 107 Å². The van der Waals surface area contributed by atoms with Crippen LogP contribution < -0.4 is 16.4 Å². The van der Waals surface area contributed by atoms with Gasteiger partial charge < -0.3 is 45.6 Å². The lowest BCUT2D eigenvalue weighted by molar-refractivity contribution is -0.289. The first-order valence-corrected chi connectivity index (χ1v) is 12.4. The normalized spacial score (nSPS) is 27.6. The summed E-state index contributed by atoms with van der Waals surface area (Å²) in [6, 6.07) is -2.38. The monoisotopic (exact) mass is 560 g/mol. The van der Waals surface area contributed by atoms with Crippen LogP contribution in [0, 0.1) is 0 Å². The number of ether oxygens (including phenoxy) is 3. The van der Waals surface area contributed by atoms with Crippen LogP contribution in [0.3, 0.4) is 0 Å². The summed E-state index contributed by atoms with van der Waals surface area (Å²) >= 11 is 0. The fourth-order valence-corrected chi connectivity index (χ4v) is 3.99. The molecular formula is C23H36N4O12. The highest BCUT2D eigenvalue weighted by atomic mass is 16.7. The Morgan fingerprint density at radius 3 is 2.44 bits per heavy atom. The van der Waals surface area contributed by atoms with E-state index < -0.39 is 71.8 Å². The zero-order valence-electron chi connectivity index (χ0n) is 22.0. The summed E-state index contributed by atoms with van der Waals surface area (Å²) in [5.41, 5.74) is 3.63. The predicted molar refractivity (Wildman–Crippen MR) is 127 cm³/mol. The van der Waals surface area contributed by atoms with Crippen molar-refractivity contribution in [1.29, 1.82) is 0 Å². The lowest BCUT2D eigenvalue weighted by Crippen LogP contribution is -2.71. The zero-order chi connectivity index (χ0) is 29.3. The van der Waals surface area contributed by atoms with Gasteiger partial charge in [-0.25, -0.2) is 4.79 Å². The number of nitrogens with two attached hydrogens (primary N) is 1. The van der Waals surface area contributed by atoms with E-state index in [0.717, 1.165) is 7.11 Å². The molecule has 0 aromatic heterocycles.